The van der Waals surface area contributed by atoms with Gasteiger partial charge < -0.3 is 9.84 Å². The monoisotopic (exact) mass is 474 g/mol. The topological polar surface area (TPSA) is 108 Å². The van der Waals surface area contributed by atoms with E-state index in [2.05, 4.69) is 15.9 Å². The lowest BCUT2D eigenvalue weighted by Crippen LogP contribution is -2.45. The molecule has 1 N–H and O–H groups in total. The van der Waals surface area contributed by atoms with Gasteiger partial charge in [0.15, 0.2) is 0 Å². The Balaban J connectivity index is 1.73. The highest BCUT2D eigenvalue weighted by Crippen LogP contribution is 2.36. The molecule has 1 fully saturated rings. The van der Waals surface area contributed by atoms with E-state index in [4.69, 9.17) is 21.5 Å². The molecule has 0 unspecified atom stereocenters. The molecule has 8 nitrogen and oxygen atoms in total. The number of hydroxylamine groups is 2. The van der Waals surface area contributed by atoms with Gasteiger partial charge in [-0.3, -0.25) is 9.63 Å². The van der Waals surface area contributed by atoms with Crippen molar-refractivity contribution in [2.24, 2.45) is 11.0 Å². The van der Waals surface area contributed by atoms with Gasteiger partial charge in [-0.2, -0.15) is 5.06 Å². The molecule has 0 aromatic heterocycles. The first-order valence-electron chi connectivity index (χ1n) is 11.5. The Kier molecular flexibility index (Phi) is 9.91. The molecule has 0 spiro atoms. The van der Waals surface area contributed by atoms with Crippen LogP contribution in [0, 0.1) is 18.3 Å². The number of rotatable bonds is 13. The van der Waals surface area contributed by atoms with Crippen LogP contribution in [-0.2, 0) is 27.2 Å². The Morgan fingerprint density at radius 1 is 1.20 bits per heavy atom. The van der Waals surface area contributed by atoms with Gasteiger partial charge in [0.2, 0.25) is 0 Å². The fourth-order valence-corrected chi connectivity index (χ4v) is 3.74. The maximum absolute atomic E-state index is 12.7. The molecule has 0 amide bonds. The first-order valence-corrected chi connectivity index (χ1v) is 11.5. The Morgan fingerprint density at radius 3 is 2.49 bits per heavy atom. The minimum absolute atomic E-state index is 0.0835. The number of carbonyl (C=O) groups is 1. The SMILES string of the molecule is C#CCN(O[C@@H](/C=C/[C@@H](O)Cc1ccccc1)C1CC1)[C@@H](Cc1ccc(N=[N+]=[N-])cc1)C(=O)OC. The number of aliphatic hydroxyl groups excluding tert-OH is 1. The summed E-state index contributed by atoms with van der Waals surface area (Å²) in [6.45, 7) is 0.0835. The zero-order valence-corrected chi connectivity index (χ0v) is 19.7. The van der Waals surface area contributed by atoms with Crippen molar-refractivity contribution in [3.05, 3.63) is 88.3 Å². The second kappa shape index (κ2) is 13.3. The number of hydrogen-bond acceptors (Lipinski definition) is 6. The molecule has 8 heteroatoms. The highest BCUT2D eigenvalue weighted by molar-refractivity contribution is 5.76. The summed E-state index contributed by atoms with van der Waals surface area (Å²) in [5.74, 6) is 2.38. The van der Waals surface area contributed by atoms with Gasteiger partial charge in [0, 0.05) is 23.4 Å². The maximum atomic E-state index is 12.7. The molecule has 0 saturated heterocycles. The van der Waals surface area contributed by atoms with Crippen LogP contribution in [-0.4, -0.2) is 48.0 Å². The quantitative estimate of drug-likeness (QED) is 0.0874. The van der Waals surface area contributed by atoms with Crippen molar-refractivity contribution in [3.8, 4) is 12.3 Å². The summed E-state index contributed by atoms with van der Waals surface area (Å²) in [6.07, 6.45) is 11.0. The third-order valence-corrected chi connectivity index (χ3v) is 5.75. The lowest BCUT2D eigenvalue weighted by Gasteiger charge is -2.30. The predicted molar refractivity (Wildman–Crippen MR) is 133 cm³/mol. The number of carbonyl (C=O) groups excluding carboxylic acids is 1. The number of nitrogens with zero attached hydrogens (tertiary/aromatic N) is 4. The first-order chi connectivity index (χ1) is 17.0. The highest BCUT2D eigenvalue weighted by Gasteiger charge is 2.36. The van der Waals surface area contributed by atoms with Crippen LogP contribution in [0.4, 0.5) is 5.69 Å². The molecule has 0 aliphatic heterocycles. The minimum Gasteiger partial charge on any atom is -0.468 e. The van der Waals surface area contributed by atoms with Crippen molar-refractivity contribution in [2.75, 3.05) is 13.7 Å². The third-order valence-electron chi connectivity index (χ3n) is 5.75. The molecule has 1 aliphatic carbocycles. The van der Waals surface area contributed by atoms with Crippen LogP contribution < -0.4 is 0 Å². The van der Waals surface area contributed by atoms with Crippen LogP contribution in [0.3, 0.4) is 0 Å². The van der Waals surface area contributed by atoms with Crippen LogP contribution in [0.2, 0.25) is 0 Å². The molecule has 3 atom stereocenters. The zero-order valence-electron chi connectivity index (χ0n) is 19.7. The smallest absolute Gasteiger partial charge is 0.325 e. The van der Waals surface area contributed by atoms with E-state index in [1.807, 2.05) is 36.4 Å². The van der Waals surface area contributed by atoms with E-state index in [1.165, 1.54) is 12.2 Å². The number of ether oxygens (including phenoxy) is 1. The summed E-state index contributed by atoms with van der Waals surface area (Å²) >= 11 is 0. The van der Waals surface area contributed by atoms with Crippen molar-refractivity contribution in [1.29, 1.82) is 0 Å². The van der Waals surface area contributed by atoms with E-state index in [0.29, 0.717) is 18.5 Å². The number of azide groups is 1. The second-order valence-electron chi connectivity index (χ2n) is 8.43. The average Bonchev–Trinajstić information content (AvgIpc) is 3.71. The van der Waals surface area contributed by atoms with Gasteiger partial charge in [-0.15, -0.1) is 6.42 Å². The summed E-state index contributed by atoms with van der Waals surface area (Å²) in [5.41, 5.74) is 10.9. The molecule has 0 bridgehead atoms. The average molecular weight is 475 g/mol. The summed E-state index contributed by atoms with van der Waals surface area (Å²) < 4.78 is 5.04. The Labute approximate surface area is 205 Å². The molecule has 0 heterocycles. The van der Waals surface area contributed by atoms with Gasteiger partial charge in [0.05, 0.1) is 19.8 Å². The van der Waals surface area contributed by atoms with Crippen molar-refractivity contribution in [3.63, 3.8) is 0 Å². The fraction of sp³-hybridized carbons (Fsp3) is 0.370. The normalized spacial score (nSPS) is 15.7. The van der Waals surface area contributed by atoms with Crippen molar-refractivity contribution < 1.29 is 19.5 Å². The van der Waals surface area contributed by atoms with Crippen molar-refractivity contribution >= 4 is 11.7 Å². The summed E-state index contributed by atoms with van der Waals surface area (Å²) in [6, 6.07) is 15.9. The van der Waals surface area contributed by atoms with E-state index in [9.17, 15) is 9.90 Å². The van der Waals surface area contributed by atoms with Crippen LogP contribution in [0.5, 0.6) is 0 Å². The lowest BCUT2D eigenvalue weighted by atomic mass is 10.1. The number of benzene rings is 2. The van der Waals surface area contributed by atoms with Crippen LogP contribution >= 0.6 is 0 Å². The summed E-state index contributed by atoms with van der Waals surface area (Å²) in [4.78, 5) is 21.7. The van der Waals surface area contributed by atoms with Crippen LogP contribution in [0.1, 0.15) is 24.0 Å². The highest BCUT2D eigenvalue weighted by atomic mass is 16.7. The Morgan fingerprint density at radius 2 is 1.89 bits per heavy atom. The summed E-state index contributed by atoms with van der Waals surface area (Å²) in [7, 11) is 1.33. The predicted octanol–water partition coefficient (Wildman–Crippen LogP) is 4.52. The molecule has 1 saturated carbocycles. The van der Waals surface area contributed by atoms with Gasteiger partial charge in [-0.05, 0) is 35.4 Å². The molecular formula is C27H30N4O4. The van der Waals surface area contributed by atoms with Gasteiger partial charge in [0.25, 0.3) is 0 Å². The van der Waals surface area contributed by atoms with E-state index in [-0.39, 0.29) is 18.6 Å². The molecule has 35 heavy (non-hydrogen) atoms. The molecule has 1 aliphatic rings. The molecule has 2 aromatic rings. The number of hydrogen-bond donors (Lipinski definition) is 1. The van der Waals surface area contributed by atoms with E-state index in [1.54, 1.807) is 30.3 Å². The van der Waals surface area contributed by atoms with E-state index in [0.717, 1.165) is 24.0 Å². The zero-order chi connectivity index (χ0) is 25.0. The number of terminal acetylenes is 1. The number of aliphatic hydroxyl groups is 1. The molecule has 0 radical (unpaired) electrons. The third kappa shape index (κ3) is 8.29. The Hall–Kier alpha value is -3.60. The van der Waals surface area contributed by atoms with E-state index >= 15 is 0 Å². The standard InChI is InChI=1S/C27H30N4O4/c1-3-17-31(25(27(33)34-2)19-21-9-13-23(14-10-21)29-30-28)35-26(22-11-12-22)16-15-24(32)18-20-7-5-4-6-8-20/h1,4-10,13-16,22,24-26,32H,11-12,17-19H2,2H3/b16-15+/t24-,25+,26+/m1/s1. The molecular weight excluding hydrogens is 444 g/mol. The minimum atomic E-state index is -0.773. The van der Waals surface area contributed by atoms with Gasteiger partial charge >= 0.3 is 5.97 Å². The number of methoxy groups -OCH3 is 1. The van der Waals surface area contributed by atoms with Crippen molar-refractivity contribution in [1.82, 2.24) is 5.06 Å². The number of esters is 1. The van der Waals surface area contributed by atoms with E-state index < -0.39 is 18.1 Å². The molecule has 182 valence electrons. The summed E-state index contributed by atoms with van der Waals surface area (Å²) in [5, 5.41) is 15.5. The second-order valence-corrected chi connectivity index (χ2v) is 8.43. The molecule has 3 rings (SSSR count). The fourth-order valence-electron chi connectivity index (χ4n) is 3.74. The first kappa shape index (κ1) is 26.0. The van der Waals surface area contributed by atoms with Crippen LogP contribution in [0.25, 0.3) is 10.4 Å². The lowest BCUT2D eigenvalue weighted by molar-refractivity contribution is -0.214. The van der Waals surface area contributed by atoms with Gasteiger partial charge in [-0.25, -0.2) is 0 Å². The van der Waals surface area contributed by atoms with Crippen LogP contribution in [0.15, 0.2) is 71.9 Å². The van der Waals surface area contributed by atoms with Gasteiger partial charge in [-0.1, -0.05) is 77.8 Å². The largest absolute Gasteiger partial charge is 0.468 e. The molecule has 2 aromatic carbocycles. The maximum Gasteiger partial charge on any atom is 0.325 e. The van der Waals surface area contributed by atoms with Crippen molar-refractivity contribution in [2.45, 2.75) is 43.9 Å². The van der Waals surface area contributed by atoms with Gasteiger partial charge in [0.1, 0.15) is 12.1 Å². The Bertz CT molecular complexity index is 1070.